The second-order valence-corrected chi connectivity index (χ2v) is 7.96. The maximum absolute atomic E-state index is 12.8. The zero-order valence-electron chi connectivity index (χ0n) is 15.1. The van der Waals surface area contributed by atoms with Gasteiger partial charge in [0.2, 0.25) is 11.8 Å². The van der Waals surface area contributed by atoms with E-state index in [1.165, 1.54) is 0 Å². The van der Waals surface area contributed by atoms with Gasteiger partial charge < -0.3 is 14.1 Å². The lowest BCUT2D eigenvalue weighted by Gasteiger charge is -2.36. The maximum atomic E-state index is 12.8. The van der Waals surface area contributed by atoms with Crippen LogP contribution in [0.1, 0.15) is 24.3 Å². The third-order valence-corrected chi connectivity index (χ3v) is 6.03. The number of piperidine rings is 1. The molecule has 1 atom stereocenters. The fraction of sp³-hybridized carbons (Fsp3) is 0.579. The number of carbonyl (C=O) groups excluding carboxylic acids is 1. The molecule has 0 N–H and O–H groups in total. The highest BCUT2D eigenvalue weighted by molar-refractivity contribution is 7.13. The van der Waals surface area contributed by atoms with Crippen LogP contribution in [-0.4, -0.2) is 60.1 Å². The molecule has 6 nitrogen and oxygen atoms in total. The van der Waals surface area contributed by atoms with E-state index in [0.717, 1.165) is 61.9 Å². The third-order valence-electron chi connectivity index (χ3n) is 5.18. The molecule has 2 saturated heterocycles. The van der Waals surface area contributed by atoms with Crippen molar-refractivity contribution in [3.63, 3.8) is 0 Å². The summed E-state index contributed by atoms with van der Waals surface area (Å²) in [6.45, 7) is 7.29. The highest BCUT2D eigenvalue weighted by atomic mass is 32.1. The molecule has 7 heteroatoms. The highest BCUT2D eigenvalue weighted by Gasteiger charge is 2.30. The first-order valence-corrected chi connectivity index (χ1v) is 10.2. The molecule has 0 bridgehead atoms. The lowest BCUT2D eigenvalue weighted by molar-refractivity contribution is -0.141. The molecule has 140 valence electrons. The third kappa shape index (κ3) is 3.84. The Morgan fingerprint density at radius 3 is 2.96 bits per heavy atom. The van der Waals surface area contributed by atoms with Gasteiger partial charge in [-0.15, -0.1) is 11.3 Å². The van der Waals surface area contributed by atoms with Gasteiger partial charge in [0.1, 0.15) is 5.76 Å². The lowest BCUT2D eigenvalue weighted by Crippen LogP contribution is -2.48. The Kier molecular flexibility index (Phi) is 5.38. The summed E-state index contributed by atoms with van der Waals surface area (Å²) >= 11 is 1.63. The molecule has 0 spiro atoms. The van der Waals surface area contributed by atoms with Crippen LogP contribution in [0.25, 0.3) is 10.8 Å². The minimum absolute atomic E-state index is 0.0887. The number of ether oxygens (including phenoxy) is 1. The Hall–Kier alpha value is -1.70. The monoisotopic (exact) mass is 375 g/mol. The van der Waals surface area contributed by atoms with E-state index < -0.39 is 0 Å². The molecule has 0 saturated carbocycles. The maximum Gasteiger partial charge on any atom is 0.236 e. The minimum Gasteiger partial charge on any atom is -0.440 e. The Morgan fingerprint density at radius 2 is 2.19 bits per heavy atom. The number of aryl methyl sites for hydroxylation is 1. The van der Waals surface area contributed by atoms with Gasteiger partial charge in [0.05, 0.1) is 29.7 Å². The summed E-state index contributed by atoms with van der Waals surface area (Å²) in [6.07, 6.45) is 2.03. The Labute approximate surface area is 157 Å². The Balaban J connectivity index is 1.40. The van der Waals surface area contributed by atoms with Crippen molar-refractivity contribution in [3.05, 3.63) is 29.0 Å². The molecular weight excluding hydrogens is 350 g/mol. The number of hydrogen-bond donors (Lipinski definition) is 0. The molecule has 1 amide bonds. The van der Waals surface area contributed by atoms with Gasteiger partial charge in [0.25, 0.3) is 0 Å². The molecule has 2 aromatic rings. The van der Waals surface area contributed by atoms with Crippen LogP contribution in [0.5, 0.6) is 0 Å². The van der Waals surface area contributed by atoms with E-state index in [2.05, 4.69) is 4.90 Å². The second kappa shape index (κ2) is 7.90. The van der Waals surface area contributed by atoms with Crippen LogP contribution in [0.3, 0.4) is 0 Å². The number of likely N-dealkylation sites (tertiary alicyclic amines) is 1. The molecule has 1 unspecified atom stereocenters. The first-order valence-electron chi connectivity index (χ1n) is 9.30. The van der Waals surface area contributed by atoms with Crippen molar-refractivity contribution >= 4 is 17.2 Å². The van der Waals surface area contributed by atoms with Gasteiger partial charge in [0.15, 0.2) is 0 Å². The van der Waals surface area contributed by atoms with Gasteiger partial charge >= 0.3 is 0 Å². The number of hydrogen-bond acceptors (Lipinski definition) is 6. The molecule has 26 heavy (non-hydrogen) atoms. The summed E-state index contributed by atoms with van der Waals surface area (Å²) in [5.41, 5.74) is 0.980. The van der Waals surface area contributed by atoms with E-state index in [-0.39, 0.29) is 11.8 Å². The average Bonchev–Trinajstić information content (AvgIpc) is 3.33. The number of morpholine rings is 1. The van der Waals surface area contributed by atoms with E-state index in [9.17, 15) is 4.79 Å². The minimum atomic E-state index is 0.0887. The molecule has 2 aliphatic rings. The molecule has 2 aliphatic heterocycles. The van der Waals surface area contributed by atoms with Gasteiger partial charge in [-0.3, -0.25) is 9.69 Å². The molecule has 2 aromatic heterocycles. The van der Waals surface area contributed by atoms with Crippen LogP contribution >= 0.6 is 11.3 Å². The molecule has 2 fully saturated rings. The summed E-state index contributed by atoms with van der Waals surface area (Å²) in [6, 6.07) is 4.03. The summed E-state index contributed by atoms with van der Waals surface area (Å²) in [4.78, 5) is 22.8. The SMILES string of the molecule is Cc1oc(-c2cccs2)nc1CN1CCCC(C(=O)N2CCOCC2)C1. The van der Waals surface area contributed by atoms with Gasteiger partial charge in [-0.2, -0.15) is 0 Å². The quantitative estimate of drug-likeness (QED) is 0.822. The van der Waals surface area contributed by atoms with Crippen LogP contribution in [0.4, 0.5) is 0 Å². The van der Waals surface area contributed by atoms with Crippen molar-refractivity contribution in [1.82, 2.24) is 14.8 Å². The van der Waals surface area contributed by atoms with Crippen LogP contribution < -0.4 is 0 Å². The number of amides is 1. The average molecular weight is 375 g/mol. The molecule has 0 aliphatic carbocycles. The Bertz CT molecular complexity index is 737. The van der Waals surface area contributed by atoms with E-state index in [1.54, 1.807) is 11.3 Å². The van der Waals surface area contributed by atoms with Crippen molar-refractivity contribution in [2.24, 2.45) is 5.92 Å². The summed E-state index contributed by atoms with van der Waals surface area (Å²) < 4.78 is 11.2. The molecule has 4 rings (SSSR count). The fourth-order valence-electron chi connectivity index (χ4n) is 3.73. The van der Waals surface area contributed by atoms with Gasteiger partial charge in [0, 0.05) is 26.2 Å². The lowest BCUT2D eigenvalue weighted by atomic mass is 9.96. The van der Waals surface area contributed by atoms with Crippen molar-refractivity contribution in [2.45, 2.75) is 26.3 Å². The van der Waals surface area contributed by atoms with Crippen LogP contribution in [-0.2, 0) is 16.1 Å². The second-order valence-electron chi connectivity index (χ2n) is 7.01. The largest absolute Gasteiger partial charge is 0.440 e. The summed E-state index contributed by atoms with van der Waals surface area (Å²) in [7, 11) is 0. The Morgan fingerprint density at radius 1 is 1.35 bits per heavy atom. The number of carbonyl (C=O) groups is 1. The van der Waals surface area contributed by atoms with Crippen molar-refractivity contribution in [1.29, 1.82) is 0 Å². The zero-order chi connectivity index (χ0) is 17.9. The number of rotatable bonds is 4. The van der Waals surface area contributed by atoms with E-state index in [4.69, 9.17) is 14.1 Å². The predicted molar refractivity (Wildman–Crippen MR) is 100.0 cm³/mol. The van der Waals surface area contributed by atoms with Crippen LogP contribution in [0.15, 0.2) is 21.9 Å². The van der Waals surface area contributed by atoms with Gasteiger partial charge in [-0.05, 0) is 37.8 Å². The van der Waals surface area contributed by atoms with E-state index >= 15 is 0 Å². The predicted octanol–water partition coefficient (Wildman–Crippen LogP) is 2.78. The van der Waals surface area contributed by atoms with Crippen molar-refractivity contribution < 1.29 is 13.9 Å². The van der Waals surface area contributed by atoms with Crippen LogP contribution in [0.2, 0.25) is 0 Å². The van der Waals surface area contributed by atoms with Crippen molar-refractivity contribution in [2.75, 3.05) is 39.4 Å². The normalized spacial score (nSPS) is 21.9. The van der Waals surface area contributed by atoms with Gasteiger partial charge in [-0.1, -0.05) is 6.07 Å². The molecular formula is C19H25N3O3S. The topological polar surface area (TPSA) is 58.8 Å². The van der Waals surface area contributed by atoms with Gasteiger partial charge in [-0.25, -0.2) is 4.98 Å². The zero-order valence-corrected chi connectivity index (χ0v) is 16.0. The highest BCUT2D eigenvalue weighted by Crippen LogP contribution is 2.27. The number of oxazole rings is 1. The summed E-state index contributed by atoms with van der Waals surface area (Å²) in [5.74, 6) is 1.94. The first-order chi connectivity index (χ1) is 12.7. The van der Waals surface area contributed by atoms with E-state index in [0.29, 0.717) is 19.1 Å². The summed E-state index contributed by atoms with van der Waals surface area (Å²) in [5, 5.41) is 2.03. The van der Waals surface area contributed by atoms with E-state index in [1.807, 2.05) is 29.3 Å². The van der Waals surface area contributed by atoms with Crippen LogP contribution in [0, 0.1) is 12.8 Å². The smallest absolute Gasteiger partial charge is 0.236 e. The standard InChI is InChI=1S/C19H25N3O3S/c1-14-16(20-18(25-14)17-5-3-11-26-17)13-21-6-2-4-15(12-21)19(23)22-7-9-24-10-8-22/h3,5,11,15H,2,4,6-10,12-13H2,1H3. The molecule has 0 aromatic carbocycles. The number of nitrogens with zero attached hydrogens (tertiary/aromatic N) is 3. The van der Waals surface area contributed by atoms with Crippen molar-refractivity contribution in [3.8, 4) is 10.8 Å². The first kappa shape index (κ1) is 17.7. The number of thiophene rings is 1. The fourth-order valence-corrected chi connectivity index (χ4v) is 4.38. The molecule has 0 radical (unpaired) electrons. The molecule has 4 heterocycles. The number of aromatic nitrogens is 1.